The number of aromatic nitrogens is 3. The molecule has 1 saturated heterocycles. The molecule has 2 heterocycles. The Hall–Kier alpha value is -1.88. The van der Waals surface area contributed by atoms with Crippen LogP contribution in [0.1, 0.15) is 18.1 Å². The fraction of sp³-hybridized carbons (Fsp3) is 0.467. The molecule has 0 saturated carbocycles. The van der Waals surface area contributed by atoms with Crippen molar-refractivity contribution in [3.05, 3.63) is 29.3 Å². The van der Waals surface area contributed by atoms with Crippen LogP contribution in [0.3, 0.4) is 0 Å². The minimum absolute atomic E-state index is 0.478. The third-order valence-electron chi connectivity index (χ3n) is 3.77. The molecule has 0 spiro atoms. The number of H-pyrrole nitrogens is 1. The van der Waals surface area contributed by atoms with Gasteiger partial charge in [0, 0.05) is 31.2 Å². The Labute approximate surface area is 119 Å². The fourth-order valence-electron chi connectivity index (χ4n) is 2.62. The van der Waals surface area contributed by atoms with Gasteiger partial charge in [-0.15, -0.1) is 5.10 Å². The molecule has 1 aliphatic heterocycles. The molecule has 0 bridgehead atoms. The van der Waals surface area contributed by atoms with E-state index in [1.165, 1.54) is 11.1 Å². The zero-order chi connectivity index (χ0) is 14.1. The largest absolute Gasteiger partial charge is 0.337 e. The molecule has 5 heteroatoms. The first-order valence-electron chi connectivity index (χ1n) is 7.12. The van der Waals surface area contributed by atoms with E-state index in [9.17, 15) is 0 Å². The highest BCUT2D eigenvalue weighted by Gasteiger charge is 2.19. The Morgan fingerprint density at radius 3 is 2.95 bits per heavy atom. The molecule has 2 N–H and O–H groups in total. The summed E-state index contributed by atoms with van der Waals surface area (Å²) in [5.41, 5.74) is 3.58. The topological polar surface area (TPSA) is 56.8 Å². The van der Waals surface area contributed by atoms with Crippen LogP contribution >= 0.6 is 0 Å². The number of aromatic amines is 1. The number of benzene rings is 1. The van der Waals surface area contributed by atoms with E-state index in [4.69, 9.17) is 0 Å². The quantitative estimate of drug-likeness (QED) is 0.875. The highest BCUT2D eigenvalue weighted by Crippen LogP contribution is 2.23. The molecule has 3 rings (SSSR count). The summed E-state index contributed by atoms with van der Waals surface area (Å²) < 4.78 is 0. The van der Waals surface area contributed by atoms with Gasteiger partial charge in [0.1, 0.15) is 0 Å². The number of aryl methyl sites for hydroxylation is 2. The average Bonchev–Trinajstić information content (AvgIpc) is 2.91. The van der Waals surface area contributed by atoms with Gasteiger partial charge < -0.3 is 10.2 Å². The molecule has 1 aromatic heterocycles. The number of hydrogen-bond donors (Lipinski definition) is 2. The van der Waals surface area contributed by atoms with E-state index in [0.29, 0.717) is 6.04 Å². The highest BCUT2D eigenvalue weighted by molar-refractivity contribution is 5.62. The summed E-state index contributed by atoms with van der Waals surface area (Å²) in [5, 5.41) is 10.9. The standard InChI is InChI=1S/C15H21N5/c1-10-4-5-11(2)13(8-10)14-17-15(19-18-14)20-7-6-16-12(3)9-20/h4-5,8,12,16H,6-7,9H2,1-3H3,(H,17,18,19). The lowest BCUT2D eigenvalue weighted by atomic mass is 10.1. The Morgan fingerprint density at radius 1 is 1.30 bits per heavy atom. The van der Waals surface area contributed by atoms with Gasteiger partial charge in [0.05, 0.1) is 0 Å². The van der Waals surface area contributed by atoms with Crippen molar-refractivity contribution in [1.29, 1.82) is 0 Å². The molecule has 20 heavy (non-hydrogen) atoms. The zero-order valence-electron chi connectivity index (χ0n) is 12.3. The van der Waals surface area contributed by atoms with Gasteiger partial charge >= 0.3 is 0 Å². The van der Waals surface area contributed by atoms with Crippen LogP contribution in [0.2, 0.25) is 0 Å². The molecular weight excluding hydrogens is 250 g/mol. The fourth-order valence-corrected chi connectivity index (χ4v) is 2.62. The SMILES string of the molecule is Cc1ccc(C)c(-c2nc(N3CCNC(C)C3)n[nH]2)c1. The summed E-state index contributed by atoms with van der Waals surface area (Å²) >= 11 is 0. The molecule has 5 nitrogen and oxygen atoms in total. The van der Waals surface area contributed by atoms with Crippen molar-refractivity contribution >= 4 is 5.95 Å². The number of hydrogen-bond acceptors (Lipinski definition) is 4. The van der Waals surface area contributed by atoms with Gasteiger partial charge in [0.15, 0.2) is 5.82 Å². The van der Waals surface area contributed by atoms with E-state index in [2.05, 4.69) is 64.4 Å². The number of anilines is 1. The average molecular weight is 271 g/mol. The third kappa shape index (κ3) is 2.54. The van der Waals surface area contributed by atoms with Crippen LogP contribution in [-0.4, -0.2) is 40.9 Å². The Balaban J connectivity index is 1.88. The van der Waals surface area contributed by atoms with Crippen molar-refractivity contribution in [2.75, 3.05) is 24.5 Å². The number of rotatable bonds is 2. The maximum atomic E-state index is 4.67. The maximum absolute atomic E-state index is 4.67. The minimum Gasteiger partial charge on any atom is -0.337 e. The first kappa shape index (κ1) is 13.1. The smallest absolute Gasteiger partial charge is 0.245 e. The van der Waals surface area contributed by atoms with E-state index in [1.807, 2.05) is 0 Å². The number of piperazine rings is 1. The van der Waals surface area contributed by atoms with Gasteiger partial charge in [-0.25, -0.2) is 0 Å². The molecule has 2 aromatic rings. The predicted molar refractivity (Wildman–Crippen MR) is 81.0 cm³/mol. The second kappa shape index (κ2) is 5.25. The Kier molecular flexibility index (Phi) is 3.44. The minimum atomic E-state index is 0.478. The van der Waals surface area contributed by atoms with Crippen LogP contribution < -0.4 is 10.2 Å². The van der Waals surface area contributed by atoms with Gasteiger partial charge in [-0.05, 0) is 32.4 Å². The van der Waals surface area contributed by atoms with Gasteiger partial charge in [0.25, 0.3) is 0 Å². The van der Waals surface area contributed by atoms with E-state index in [0.717, 1.165) is 37.0 Å². The molecule has 1 unspecified atom stereocenters. The summed E-state index contributed by atoms with van der Waals surface area (Å²) in [6, 6.07) is 6.87. The summed E-state index contributed by atoms with van der Waals surface area (Å²) in [5.74, 6) is 1.65. The van der Waals surface area contributed by atoms with Crippen molar-refractivity contribution in [1.82, 2.24) is 20.5 Å². The molecule has 1 aliphatic rings. The maximum Gasteiger partial charge on any atom is 0.245 e. The van der Waals surface area contributed by atoms with E-state index in [-0.39, 0.29) is 0 Å². The van der Waals surface area contributed by atoms with Gasteiger partial charge in [-0.1, -0.05) is 17.7 Å². The Bertz CT molecular complexity index is 604. The third-order valence-corrected chi connectivity index (χ3v) is 3.77. The van der Waals surface area contributed by atoms with Crippen LogP contribution in [0.15, 0.2) is 18.2 Å². The van der Waals surface area contributed by atoms with Crippen molar-refractivity contribution in [2.45, 2.75) is 26.8 Å². The molecule has 1 atom stereocenters. The van der Waals surface area contributed by atoms with E-state index >= 15 is 0 Å². The summed E-state index contributed by atoms with van der Waals surface area (Å²) in [7, 11) is 0. The molecule has 106 valence electrons. The molecule has 1 fully saturated rings. The summed E-state index contributed by atoms with van der Waals surface area (Å²) in [6.45, 7) is 9.26. The zero-order valence-corrected chi connectivity index (χ0v) is 12.3. The van der Waals surface area contributed by atoms with Gasteiger partial charge in [-0.2, -0.15) is 4.98 Å². The number of nitrogens with one attached hydrogen (secondary N) is 2. The van der Waals surface area contributed by atoms with E-state index < -0.39 is 0 Å². The van der Waals surface area contributed by atoms with Crippen LogP contribution in [0, 0.1) is 13.8 Å². The van der Waals surface area contributed by atoms with Crippen molar-refractivity contribution in [3.63, 3.8) is 0 Å². The van der Waals surface area contributed by atoms with Crippen LogP contribution in [0.5, 0.6) is 0 Å². The first-order chi connectivity index (χ1) is 9.63. The predicted octanol–water partition coefficient (Wildman–Crippen LogP) is 1.89. The molecule has 1 aromatic carbocycles. The lowest BCUT2D eigenvalue weighted by Gasteiger charge is -2.30. The van der Waals surface area contributed by atoms with Crippen molar-refractivity contribution in [3.8, 4) is 11.4 Å². The number of nitrogens with zero attached hydrogens (tertiary/aromatic N) is 3. The van der Waals surface area contributed by atoms with Gasteiger partial charge in [-0.3, -0.25) is 5.10 Å². The summed E-state index contributed by atoms with van der Waals surface area (Å²) in [6.07, 6.45) is 0. The normalized spacial score (nSPS) is 19.4. The molecular formula is C15H21N5. The lowest BCUT2D eigenvalue weighted by molar-refractivity contribution is 0.480. The Morgan fingerprint density at radius 2 is 2.15 bits per heavy atom. The lowest BCUT2D eigenvalue weighted by Crippen LogP contribution is -2.49. The molecule has 0 amide bonds. The molecule has 0 aliphatic carbocycles. The van der Waals surface area contributed by atoms with Crippen LogP contribution in [-0.2, 0) is 0 Å². The second-order valence-electron chi connectivity index (χ2n) is 5.60. The summed E-state index contributed by atoms with van der Waals surface area (Å²) in [4.78, 5) is 6.90. The van der Waals surface area contributed by atoms with Crippen LogP contribution in [0.4, 0.5) is 5.95 Å². The monoisotopic (exact) mass is 271 g/mol. The van der Waals surface area contributed by atoms with Crippen LogP contribution in [0.25, 0.3) is 11.4 Å². The highest BCUT2D eigenvalue weighted by atomic mass is 15.4. The molecule has 0 radical (unpaired) electrons. The van der Waals surface area contributed by atoms with Crippen molar-refractivity contribution in [2.24, 2.45) is 0 Å². The van der Waals surface area contributed by atoms with Gasteiger partial charge in [0.2, 0.25) is 5.95 Å². The van der Waals surface area contributed by atoms with E-state index in [1.54, 1.807) is 0 Å². The second-order valence-corrected chi connectivity index (χ2v) is 5.60. The van der Waals surface area contributed by atoms with Crippen molar-refractivity contribution < 1.29 is 0 Å². The first-order valence-corrected chi connectivity index (χ1v) is 7.12.